The Labute approximate surface area is 384 Å². The third-order valence-corrected chi connectivity index (χ3v) is 11.9. The van der Waals surface area contributed by atoms with Crippen molar-refractivity contribution in [3.8, 4) is 50.9 Å². The molecule has 0 N–H and O–H groups in total. The molecule has 0 unspecified atom stereocenters. The van der Waals surface area contributed by atoms with Gasteiger partial charge in [0.2, 0.25) is 0 Å². The smallest absolute Gasteiger partial charge is 0.267 e. The first-order valence-electron chi connectivity index (χ1n) is 21.1. The molecule has 0 amide bonds. The van der Waals surface area contributed by atoms with Gasteiger partial charge >= 0.3 is 0 Å². The number of hydrogen-bond acceptors (Lipinski definition) is 2. The summed E-state index contributed by atoms with van der Waals surface area (Å²) >= 11 is 0. The van der Waals surface area contributed by atoms with E-state index in [2.05, 4.69) is 214 Å². The van der Waals surface area contributed by atoms with Crippen LogP contribution < -0.4 is 9.30 Å². The number of benzene rings is 7. The molecule has 0 atom stereocenters. The van der Waals surface area contributed by atoms with E-state index in [0.29, 0.717) is 11.5 Å². The number of ether oxygens (including phenoxy) is 1. The molecular weight excluding hydrogens is 952 g/mol. The van der Waals surface area contributed by atoms with Crippen LogP contribution in [-0.4, -0.2) is 14.1 Å². The minimum Gasteiger partial charge on any atom is -0.510 e. The van der Waals surface area contributed by atoms with Crippen molar-refractivity contribution < 1.29 is 30.4 Å². The molecule has 3 aromatic heterocycles. The molecular formula is C57H46N4OPt-2. The first-order valence-corrected chi connectivity index (χ1v) is 21.1. The van der Waals surface area contributed by atoms with Crippen molar-refractivity contribution in [2.75, 3.05) is 0 Å². The van der Waals surface area contributed by atoms with E-state index in [-0.39, 0.29) is 31.9 Å². The van der Waals surface area contributed by atoms with E-state index in [4.69, 9.17) is 9.72 Å². The minimum atomic E-state index is -0.231. The zero-order valence-electron chi connectivity index (χ0n) is 35.9. The van der Waals surface area contributed by atoms with E-state index in [1.165, 1.54) is 27.8 Å². The van der Waals surface area contributed by atoms with E-state index in [1.54, 1.807) is 0 Å². The third-order valence-electron chi connectivity index (χ3n) is 11.9. The maximum Gasteiger partial charge on any atom is 0.267 e. The second-order valence-electron chi connectivity index (χ2n) is 17.4. The van der Waals surface area contributed by atoms with Gasteiger partial charge in [-0.25, -0.2) is 4.98 Å². The van der Waals surface area contributed by atoms with Crippen molar-refractivity contribution in [2.45, 2.75) is 45.4 Å². The van der Waals surface area contributed by atoms with Gasteiger partial charge in [-0.1, -0.05) is 155 Å². The zero-order chi connectivity index (χ0) is 42.4. The summed E-state index contributed by atoms with van der Waals surface area (Å²) in [4.78, 5) is 4.94. The van der Waals surface area contributed by atoms with E-state index in [1.807, 2.05) is 41.4 Å². The van der Waals surface area contributed by atoms with Gasteiger partial charge in [0, 0.05) is 62.1 Å². The summed E-state index contributed by atoms with van der Waals surface area (Å²) in [6.45, 7) is 11.3. The number of nitrogens with zero attached hydrogens (tertiary/aromatic N) is 4. The summed E-state index contributed by atoms with van der Waals surface area (Å²) in [7, 11) is 0. The average Bonchev–Trinajstić information content (AvgIpc) is 3.93. The Morgan fingerprint density at radius 2 is 1.22 bits per heavy atom. The zero-order valence-corrected chi connectivity index (χ0v) is 38.2. The number of pyridine rings is 1. The van der Waals surface area contributed by atoms with Gasteiger partial charge in [-0.15, -0.1) is 35.2 Å². The van der Waals surface area contributed by atoms with E-state index >= 15 is 0 Å². The van der Waals surface area contributed by atoms with E-state index < -0.39 is 0 Å². The van der Waals surface area contributed by atoms with Crippen molar-refractivity contribution in [1.82, 2.24) is 14.1 Å². The predicted molar refractivity (Wildman–Crippen MR) is 251 cm³/mol. The Kier molecular flexibility index (Phi) is 11.1. The molecule has 0 aliphatic rings. The first-order chi connectivity index (χ1) is 30.1. The molecule has 312 valence electrons. The van der Waals surface area contributed by atoms with Crippen LogP contribution in [0.2, 0.25) is 0 Å². The van der Waals surface area contributed by atoms with E-state index in [0.717, 1.165) is 50.1 Å². The quantitative estimate of drug-likeness (QED) is 0.107. The number of imidazole rings is 1. The second kappa shape index (κ2) is 16.8. The minimum absolute atomic E-state index is 0. The molecule has 0 bridgehead atoms. The van der Waals surface area contributed by atoms with Crippen LogP contribution in [0.3, 0.4) is 0 Å². The van der Waals surface area contributed by atoms with Gasteiger partial charge in [0.1, 0.15) is 5.82 Å². The van der Waals surface area contributed by atoms with Crippen LogP contribution in [-0.2, 0) is 31.9 Å². The third kappa shape index (κ3) is 8.18. The van der Waals surface area contributed by atoms with Crippen molar-refractivity contribution in [1.29, 1.82) is 0 Å². The number of aromatic nitrogens is 4. The molecule has 10 aromatic rings. The average molecular weight is 998 g/mol. The number of hydrogen-bond donors (Lipinski definition) is 0. The summed E-state index contributed by atoms with van der Waals surface area (Å²) in [5.41, 5.74) is 11.6. The first kappa shape index (κ1) is 41.5. The fraction of sp³-hybridized carbons (Fsp3) is 0.123. The number of fused-ring (bicyclic) bond motifs is 3. The Morgan fingerprint density at radius 1 is 0.556 bits per heavy atom. The van der Waals surface area contributed by atoms with Crippen LogP contribution in [0.4, 0.5) is 0 Å². The van der Waals surface area contributed by atoms with Crippen molar-refractivity contribution in [2.24, 2.45) is 0 Å². The van der Waals surface area contributed by atoms with Gasteiger partial charge in [0.15, 0.2) is 0 Å². The molecule has 0 saturated heterocycles. The molecule has 0 aliphatic carbocycles. The number of rotatable bonds is 9. The van der Waals surface area contributed by atoms with Crippen LogP contribution in [0.25, 0.3) is 61.3 Å². The summed E-state index contributed by atoms with van der Waals surface area (Å²) in [6, 6.07) is 66.6. The second-order valence-corrected chi connectivity index (χ2v) is 17.4. The van der Waals surface area contributed by atoms with Gasteiger partial charge in [0.25, 0.3) is 6.33 Å². The van der Waals surface area contributed by atoms with Crippen molar-refractivity contribution >= 4 is 21.8 Å². The molecule has 0 fully saturated rings. The van der Waals surface area contributed by atoms with E-state index in [9.17, 15) is 0 Å². The molecule has 0 aliphatic heterocycles. The largest absolute Gasteiger partial charge is 0.510 e. The molecule has 0 radical (unpaired) electrons. The molecule has 63 heavy (non-hydrogen) atoms. The van der Waals surface area contributed by atoms with Gasteiger partial charge in [-0.2, -0.15) is 12.1 Å². The normalized spacial score (nSPS) is 11.8. The predicted octanol–water partition coefficient (Wildman–Crippen LogP) is 13.4. The topological polar surface area (TPSA) is 35.9 Å². The maximum atomic E-state index is 6.76. The summed E-state index contributed by atoms with van der Waals surface area (Å²) in [5.74, 6) is 1.97. The fourth-order valence-corrected chi connectivity index (χ4v) is 8.33. The molecule has 0 spiro atoms. The van der Waals surface area contributed by atoms with Crippen molar-refractivity contribution in [3.63, 3.8) is 0 Å². The summed E-state index contributed by atoms with van der Waals surface area (Å²) < 4.78 is 13.0. The van der Waals surface area contributed by atoms with Gasteiger partial charge in [-0.05, 0) is 80.2 Å². The van der Waals surface area contributed by atoms with Crippen LogP contribution >= 0.6 is 0 Å². The molecule has 7 aromatic carbocycles. The SMILES string of the molecule is CC(C)(C)c1cc(-c2ccccc2)cc(-[n+]2[c-]n(-c3[c-]c(Oc4[c-]c5c(cc4)c4ccccc4n5-c4cc(C(C)(C)c5ccccc5)ccn4)cc(-c4ccccc4)c3)cc2)c1.[Pt]. The van der Waals surface area contributed by atoms with Gasteiger partial charge in [-0.3, -0.25) is 4.57 Å². The standard InChI is InChI=1S/C57H46N4O.Pt/c1-56(2,3)46-31-42(40-17-9-6-10-18-40)32-47(35-46)59-29-30-60(39-59)48-33-43(41-19-11-7-12-20-41)34-50(37-48)62-49-25-26-52-51-23-15-16-24-53(51)61(54(52)38-49)55-36-45(27-28-58-55)57(4,5)44-21-13-8-14-22-44;/h6-36H,1-5H3;/q-2;. The Hall–Kier alpha value is -6.81. The van der Waals surface area contributed by atoms with Crippen molar-refractivity contribution in [3.05, 3.63) is 224 Å². The molecule has 3 heterocycles. The van der Waals surface area contributed by atoms with Gasteiger partial charge in [0.05, 0.1) is 5.69 Å². The summed E-state index contributed by atoms with van der Waals surface area (Å²) in [5, 5.41) is 2.20. The Balaban J connectivity index is 0.00000504. The molecule has 10 rings (SSSR count). The molecule has 5 nitrogen and oxygen atoms in total. The summed E-state index contributed by atoms with van der Waals surface area (Å²) in [6.07, 6.45) is 9.57. The van der Waals surface area contributed by atoms with Crippen LogP contribution in [0.5, 0.6) is 11.5 Å². The molecule has 6 heteroatoms. The van der Waals surface area contributed by atoms with Crippen LogP contribution in [0, 0.1) is 18.5 Å². The molecule has 0 saturated carbocycles. The van der Waals surface area contributed by atoms with Crippen LogP contribution in [0.1, 0.15) is 51.3 Å². The maximum absolute atomic E-state index is 6.76. The van der Waals surface area contributed by atoms with Crippen LogP contribution in [0.15, 0.2) is 188 Å². The Bertz CT molecular complexity index is 3220. The van der Waals surface area contributed by atoms with Gasteiger partial charge < -0.3 is 13.9 Å². The number of para-hydroxylation sites is 1. The Morgan fingerprint density at radius 3 is 1.94 bits per heavy atom. The fourth-order valence-electron chi connectivity index (χ4n) is 8.33. The monoisotopic (exact) mass is 997 g/mol.